The van der Waals surface area contributed by atoms with Crippen LogP contribution in [0, 0.1) is 5.82 Å². The number of hydrogen-bond donors (Lipinski definition) is 1. The van der Waals surface area contributed by atoms with Crippen molar-refractivity contribution in [2.45, 2.75) is 0 Å². The maximum absolute atomic E-state index is 14.9. The molecule has 1 N–H and O–H groups in total. The molecule has 0 radical (unpaired) electrons. The van der Waals surface area contributed by atoms with Gasteiger partial charge in [0.05, 0.1) is 29.5 Å². The van der Waals surface area contributed by atoms with Crippen LogP contribution in [0.25, 0.3) is 22.2 Å². The van der Waals surface area contributed by atoms with Crippen LogP contribution in [0.15, 0.2) is 37.1 Å². The van der Waals surface area contributed by atoms with E-state index in [1.165, 1.54) is 0 Å². The third kappa shape index (κ3) is 3.30. The quantitative estimate of drug-likeness (QED) is 0.365. The SMILES string of the molecule is Bc1c(B)c(B)c(C(=O)Nc2cc3cc(-c4cncn4C)ncc3cn2)c(F)c1B. The second-order valence-electron chi connectivity index (χ2n) is 7.52. The van der Waals surface area contributed by atoms with Crippen LogP contribution >= 0.6 is 0 Å². The number of aryl methyl sites for hydroxylation is 1. The van der Waals surface area contributed by atoms with Crippen LogP contribution in [0.2, 0.25) is 0 Å². The summed E-state index contributed by atoms with van der Waals surface area (Å²) in [6, 6.07) is 3.67. The molecule has 0 aliphatic heterocycles. The van der Waals surface area contributed by atoms with Gasteiger partial charge >= 0.3 is 0 Å². The Morgan fingerprint density at radius 2 is 1.67 bits per heavy atom. The summed E-state index contributed by atoms with van der Waals surface area (Å²) in [6.45, 7) is 0. The lowest BCUT2D eigenvalue weighted by Gasteiger charge is -2.17. The molecule has 0 saturated carbocycles. The largest absolute Gasteiger partial charge is 0.332 e. The Morgan fingerprint density at radius 3 is 2.37 bits per heavy atom. The van der Waals surface area contributed by atoms with Crippen molar-refractivity contribution in [3.05, 3.63) is 48.4 Å². The summed E-state index contributed by atoms with van der Waals surface area (Å²) in [4.78, 5) is 25.8. The van der Waals surface area contributed by atoms with Gasteiger partial charge in [0.1, 0.15) is 43.0 Å². The molecule has 30 heavy (non-hydrogen) atoms. The minimum absolute atomic E-state index is 0.0581. The van der Waals surface area contributed by atoms with Gasteiger partial charge in [-0.2, -0.15) is 0 Å². The molecule has 6 nitrogen and oxygen atoms in total. The number of fused-ring (bicyclic) bond motifs is 1. The van der Waals surface area contributed by atoms with Crippen molar-refractivity contribution in [2.24, 2.45) is 7.05 Å². The molecule has 0 spiro atoms. The molecule has 0 unspecified atom stereocenters. The van der Waals surface area contributed by atoms with Crippen molar-refractivity contribution in [1.82, 2.24) is 19.5 Å². The predicted octanol–water partition coefficient (Wildman–Crippen LogP) is -3.54. The average molecular weight is 395 g/mol. The van der Waals surface area contributed by atoms with E-state index < -0.39 is 11.7 Å². The molecule has 4 rings (SSSR count). The highest BCUT2D eigenvalue weighted by atomic mass is 19.1. The molecule has 144 valence electrons. The van der Waals surface area contributed by atoms with Crippen LogP contribution in [0.5, 0.6) is 0 Å². The summed E-state index contributed by atoms with van der Waals surface area (Å²) in [5.41, 5.74) is 4.60. The lowest BCUT2D eigenvalue weighted by molar-refractivity contribution is 0.102. The highest BCUT2D eigenvalue weighted by molar-refractivity contribution is 6.63. The minimum Gasteiger partial charge on any atom is -0.332 e. The summed E-state index contributed by atoms with van der Waals surface area (Å²) < 4.78 is 16.7. The van der Waals surface area contributed by atoms with Gasteiger partial charge in [-0.25, -0.2) is 14.4 Å². The normalized spacial score (nSPS) is 11.0. The van der Waals surface area contributed by atoms with Crippen molar-refractivity contribution < 1.29 is 9.18 Å². The number of imidazole rings is 1. The Bertz CT molecular complexity index is 1300. The third-order valence-electron chi connectivity index (χ3n) is 5.76. The molecule has 0 aliphatic rings. The lowest BCUT2D eigenvalue weighted by atomic mass is 9.65. The molecule has 1 aromatic carbocycles. The zero-order chi connectivity index (χ0) is 21.6. The first-order valence-electron chi connectivity index (χ1n) is 9.57. The van der Waals surface area contributed by atoms with Gasteiger partial charge in [0.15, 0.2) is 0 Å². The molecule has 3 heterocycles. The molecular formula is C19H18B4FN5O. The fraction of sp³-hybridized carbons (Fsp3) is 0.0526. The van der Waals surface area contributed by atoms with Gasteiger partial charge in [-0.15, -0.1) is 5.46 Å². The predicted molar refractivity (Wildman–Crippen MR) is 129 cm³/mol. The van der Waals surface area contributed by atoms with Crippen LogP contribution in [0.1, 0.15) is 10.4 Å². The zero-order valence-corrected chi connectivity index (χ0v) is 17.5. The molecule has 0 bridgehead atoms. The number of carbonyl (C=O) groups is 1. The Hall–Kier alpha value is -3.35. The number of benzene rings is 1. The molecule has 3 aromatic heterocycles. The van der Waals surface area contributed by atoms with Gasteiger partial charge in [-0.05, 0) is 17.5 Å². The summed E-state index contributed by atoms with van der Waals surface area (Å²) in [6.07, 6.45) is 6.82. The maximum atomic E-state index is 14.9. The first kappa shape index (κ1) is 19.9. The highest BCUT2D eigenvalue weighted by Crippen LogP contribution is 2.22. The third-order valence-corrected chi connectivity index (χ3v) is 5.76. The standard InChI is InChI=1S/C19H18B4FN5O/c1-29-7-25-6-11(29)10-2-8-3-12(27-5-9(8)4-26-10)28-19(30)13-14(20)15(21)16(22)17(23)18(13)24/h2-7H,20-23H2,1H3,(H,27,28,30). The van der Waals surface area contributed by atoms with E-state index in [9.17, 15) is 9.18 Å². The maximum Gasteiger partial charge on any atom is 0.259 e. The molecular weight excluding hydrogens is 376 g/mol. The van der Waals surface area contributed by atoms with E-state index >= 15 is 0 Å². The Balaban J connectivity index is 1.71. The molecule has 4 aromatic rings. The average Bonchev–Trinajstić information content (AvgIpc) is 3.16. The fourth-order valence-corrected chi connectivity index (χ4v) is 3.57. The second kappa shape index (κ2) is 7.48. The number of pyridine rings is 2. The van der Waals surface area contributed by atoms with Crippen LogP contribution < -0.4 is 27.2 Å². The number of amides is 1. The van der Waals surface area contributed by atoms with Crippen molar-refractivity contribution in [1.29, 1.82) is 0 Å². The smallest absolute Gasteiger partial charge is 0.259 e. The van der Waals surface area contributed by atoms with E-state index in [2.05, 4.69) is 20.3 Å². The highest BCUT2D eigenvalue weighted by Gasteiger charge is 2.20. The summed E-state index contributed by atoms with van der Waals surface area (Å²) in [5.74, 6) is -0.648. The number of rotatable bonds is 3. The van der Waals surface area contributed by atoms with Crippen LogP contribution in [-0.2, 0) is 7.05 Å². The van der Waals surface area contributed by atoms with Crippen LogP contribution in [-0.4, -0.2) is 56.8 Å². The molecule has 0 fully saturated rings. The first-order valence-corrected chi connectivity index (χ1v) is 9.57. The molecule has 11 heteroatoms. The molecule has 0 aliphatic carbocycles. The number of carbonyl (C=O) groups excluding carboxylic acids is 1. The van der Waals surface area contributed by atoms with Gasteiger partial charge in [-0.1, -0.05) is 16.4 Å². The molecule has 0 atom stereocenters. The van der Waals surface area contributed by atoms with Gasteiger partial charge < -0.3 is 9.88 Å². The second-order valence-corrected chi connectivity index (χ2v) is 7.52. The lowest BCUT2D eigenvalue weighted by Crippen LogP contribution is -2.52. The number of halogens is 1. The van der Waals surface area contributed by atoms with Crippen molar-refractivity contribution >= 4 is 75.7 Å². The van der Waals surface area contributed by atoms with Gasteiger partial charge in [0.2, 0.25) is 0 Å². The first-order chi connectivity index (χ1) is 14.3. The van der Waals surface area contributed by atoms with Gasteiger partial charge in [0.25, 0.3) is 5.91 Å². The zero-order valence-electron chi connectivity index (χ0n) is 17.5. The summed E-state index contributed by atoms with van der Waals surface area (Å²) >= 11 is 0. The number of hydrogen-bond acceptors (Lipinski definition) is 4. The van der Waals surface area contributed by atoms with Gasteiger partial charge in [-0.3, -0.25) is 9.78 Å². The monoisotopic (exact) mass is 395 g/mol. The van der Waals surface area contributed by atoms with E-state index in [0.717, 1.165) is 33.1 Å². The van der Waals surface area contributed by atoms with Crippen LogP contribution in [0.4, 0.5) is 10.2 Å². The van der Waals surface area contributed by atoms with Crippen molar-refractivity contribution in [3.8, 4) is 11.4 Å². The Morgan fingerprint density at radius 1 is 0.967 bits per heavy atom. The number of nitrogens with one attached hydrogen (secondary N) is 1. The van der Waals surface area contributed by atoms with E-state index in [4.69, 9.17) is 0 Å². The van der Waals surface area contributed by atoms with Crippen molar-refractivity contribution in [3.63, 3.8) is 0 Å². The number of aromatic nitrogens is 4. The Labute approximate surface area is 177 Å². The van der Waals surface area contributed by atoms with E-state index in [1.807, 2.05) is 33.4 Å². The number of nitrogens with zero attached hydrogens (tertiary/aromatic N) is 4. The summed E-state index contributed by atoms with van der Waals surface area (Å²) in [5, 5.41) is 4.44. The fourth-order valence-electron chi connectivity index (χ4n) is 3.57. The Kier molecular flexibility index (Phi) is 4.97. The minimum atomic E-state index is -0.510. The number of anilines is 1. The summed E-state index contributed by atoms with van der Waals surface area (Å²) in [7, 11) is 9.11. The topological polar surface area (TPSA) is 72.7 Å². The molecule has 0 saturated heterocycles. The molecule has 1 amide bonds. The van der Waals surface area contributed by atoms with Gasteiger partial charge in [0, 0.05) is 24.8 Å². The van der Waals surface area contributed by atoms with Crippen molar-refractivity contribution in [2.75, 3.05) is 5.32 Å². The van der Waals surface area contributed by atoms with Crippen LogP contribution in [0.3, 0.4) is 0 Å². The van der Waals surface area contributed by atoms with E-state index in [-0.39, 0.29) is 5.56 Å². The van der Waals surface area contributed by atoms with E-state index in [0.29, 0.717) is 16.7 Å². The van der Waals surface area contributed by atoms with E-state index in [1.54, 1.807) is 46.7 Å².